The van der Waals surface area contributed by atoms with E-state index in [9.17, 15) is 14.4 Å². The summed E-state index contributed by atoms with van der Waals surface area (Å²) in [6.07, 6.45) is 6.04. The van der Waals surface area contributed by atoms with Crippen LogP contribution in [0.15, 0.2) is 54.6 Å². The highest BCUT2D eigenvalue weighted by Crippen LogP contribution is 2.36. The van der Waals surface area contributed by atoms with E-state index in [-0.39, 0.29) is 29.4 Å². The average molecular weight is 405 g/mol. The molecule has 2 aromatic carbocycles. The first kappa shape index (κ1) is 20.3. The monoisotopic (exact) mass is 405 g/mol. The number of piperidine rings is 1. The molecule has 5 nitrogen and oxygen atoms in total. The topological polar surface area (TPSA) is 63.7 Å². The molecule has 2 fully saturated rings. The number of ketones is 1. The van der Waals surface area contributed by atoms with Gasteiger partial charge in [-0.2, -0.15) is 0 Å². The van der Waals surface area contributed by atoms with Crippen molar-refractivity contribution in [3.05, 3.63) is 71.3 Å². The molecule has 1 amide bonds. The van der Waals surface area contributed by atoms with Gasteiger partial charge in [0.2, 0.25) is 0 Å². The number of nitrogens with zero attached hydrogens (tertiary/aromatic N) is 1. The quantitative estimate of drug-likeness (QED) is 0.555. The fourth-order valence-electron chi connectivity index (χ4n) is 4.73. The fourth-order valence-corrected chi connectivity index (χ4v) is 4.73. The lowest BCUT2D eigenvalue weighted by molar-refractivity contribution is -0.137. The van der Waals surface area contributed by atoms with Gasteiger partial charge in [-0.3, -0.25) is 9.59 Å². The SMILES string of the molecule is O=C(OCC(=O)N1CC[C@H]2CCCC[C@H]2C1)c1ccccc1C(=O)c1ccccc1. The molecule has 1 saturated heterocycles. The molecular formula is C25H27NO4. The van der Waals surface area contributed by atoms with E-state index in [0.717, 1.165) is 25.4 Å². The summed E-state index contributed by atoms with van der Waals surface area (Å²) >= 11 is 0. The number of hydrogen-bond donors (Lipinski definition) is 0. The fraction of sp³-hybridized carbons (Fsp3) is 0.400. The summed E-state index contributed by atoms with van der Waals surface area (Å²) in [7, 11) is 0. The molecule has 1 aliphatic carbocycles. The Morgan fingerprint density at radius 3 is 2.27 bits per heavy atom. The lowest BCUT2D eigenvalue weighted by atomic mass is 9.75. The van der Waals surface area contributed by atoms with Crippen molar-refractivity contribution in [1.82, 2.24) is 4.90 Å². The lowest BCUT2D eigenvalue weighted by Gasteiger charge is -2.41. The van der Waals surface area contributed by atoms with E-state index in [1.807, 2.05) is 11.0 Å². The highest BCUT2D eigenvalue weighted by Gasteiger charge is 2.33. The minimum absolute atomic E-state index is 0.153. The average Bonchev–Trinajstić information content (AvgIpc) is 2.82. The second kappa shape index (κ2) is 9.24. The molecule has 30 heavy (non-hydrogen) atoms. The normalized spacial score (nSPS) is 20.9. The summed E-state index contributed by atoms with van der Waals surface area (Å²) in [6.45, 7) is 1.22. The van der Waals surface area contributed by atoms with Crippen molar-refractivity contribution in [3.63, 3.8) is 0 Å². The summed E-state index contributed by atoms with van der Waals surface area (Å²) in [5.74, 6) is 0.279. The van der Waals surface area contributed by atoms with E-state index in [1.165, 1.54) is 25.7 Å². The van der Waals surface area contributed by atoms with Crippen molar-refractivity contribution in [3.8, 4) is 0 Å². The molecular weight excluding hydrogens is 378 g/mol. The van der Waals surface area contributed by atoms with Gasteiger partial charge in [-0.25, -0.2) is 4.79 Å². The second-order valence-electron chi connectivity index (χ2n) is 8.25. The smallest absolute Gasteiger partial charge is 0.339 e. The lowest BCUT2D eigenvalue weighted by Crippen LogP contribution is -2.46. The number of carbonyl (C=O) groups is 3. The van der Waals surface area contributed by atoms with E-state index < -0.39 is 5.97 Å². The number of carbonyl (C=O) groups excluding carboxylic acids is 3. The van der Waals surface area contributed by atoms with Gasteiger partial charge in [0.15, 0.2) is 12.4 Å². The van der Waals surface area contributed by atoms with Crippen molar-refractivity contribution in [2.75, 3.05) is 19.7 Å². The Morgan fingerprint density at radius 2 is 1.50 bits per heavy atom. The number of fused-ring (bicyclic) bond motifs is 1. The third-order valence-corrected chi connectivity index (χ3v) is 6.40. The first-order chi connectivity index (χ1) is 14.6. The summed E-state index contributed by atoms with van der Waals surface area (Å²) < 4.78 is 5.32. The number of amides is 1. The van der Waals surface area contributed by atoms with Crippen LogP contribution in [0, 0.1) is 11.8 Å². The standard InChI is InChI=1S/C25H27NO4/c27-23(26-15-14-18-8-4-5-11-20(18)16-26)17-30-25(29)22-13-7-6-12-21(22)24(28)19-9-2-1-3-10-19/h1-3,6-7,9-10,12-13,18,20H,4-5,8,11,14-17H2/t18-,20+/m1/s1. The van der Waals surface area contributed by atoms with Crippen molar-refractivity contribution in [2.24, 2.45) is 11.8 Å². The number of hydrogen-bond acceptors (Lipinski definition) is 4. The van der Waals surface area contributed by atoms with E-state index in [4.69, 9.17) is 4.74 Å². The summed E-state index contributed by atoms with van der Waals surface area (Å²) in [5.41, 5.74) is 0.971. The van der Waals surface area contributed by atoms with Crippen molar-refractivity contribution in [1.29, 1.82) is 0 Å². The molecule has 2 aromatic rings. The zero-order valence-corrected chi connectivity index (χ0v) is 17.1. The number of likely N-dealkylation sites (tertiary alicyclic amines) is 1. The zero-order valence-electron chi connectivity index (χ0n) is 17.1. The number of esters is 1. The van der Waals surface area contributed by atoms with Crippen LogP contribution in [0.4, 0.5) is 0 Å². The molecule has 1 saturated carbocycles. The van der Waals surface area contributed by atoms with Gasteiger partial charge in [0.25, 0.3) is 5.91 Å². The van der Waals surface area contributed by atoms with Gasteiger partial charge in [0, 0.05) is 24.2 Å². The largest absolute Gasteiger partial charge is 0.452 e. The number of rotatable bonds is 5. The van der Waals surface area contributed by atoms with Gasteiger partial charge in [0.05, 0.1) is 5.56 Å². The summed E-state index contributed by atoms with van der Waals surface area (Å²) in [6, 6.07) is 15.4. The zero-order chi connectivity index (χ0) is 20.9. The summed E-state index contributed by atoms with van der Waals surface area (Å²) in [4.78, 5) is 39.9. The molecule has 0 radical (unpaired) electrons. The van der Waals surface area contributed by atoms with Crippen LogP contribution in [-0.4, -0.2) is 42.3 Å². The van der Waals surface area contributed by atoms with E-state index in [2.05, 4.69) is 0 Å². The van der Waals surface area contributed by atoms with Crippen LogP contribution in [0.25, 0.3) is 0 Å². The number of benzene rings is 2. The predicted octanol–water partition coefficient (Wildman–Crippen LogP) is 4.11. The molecule has 2 aliphatic rings. The van der Waals surface area contributed by atoms with Gasteiger partial charge in [-0.15, -0.1) is 0 Å². The highest BCUT2D eigenvalue weighted by molar-refractivity contribution is 6.14. The Labute approximate surface area is 177 Å². The molecule has 0 bridgehead atoms. The van der Waals surface area contributed by atoms with Crippen LogP contribution < -0.4 is 0 Å². The Hall–Kier alpha value is -2.95. The van der Waals surface area contributed by atoms with Crippen LogP contribution in [-0.2, 0) is 9.53 Å². The van der Waals surface area contributed by atoms with Crippen LogP contribution >= 0.6 is 0 Å². The predicted molar refractivity (Wildman–Crippen MR) is 113 cm³/mol. The Kier molecular flexibility index (Phi) is 6.26. The maximum absolute atomic E-state index is 12.8. The molecule has 2 atom stereocenters. The third-order valence-electron chi connectivity index (χ3n) is 6.40. The molecule has 0 unspecified atom stereocenters. The molecule has 156 valence electrons. The number of ether oxygens (including phenoxy) is 1. The van der Waals surface area contributed by atoms with Gasteiger partial charge in [-0.1, -0.05) is 67.8 Å². The van der Waals surface area contributed by atoms with Crippen LogP contribution in [0.5, 0.6) is 0 Å². The van der Waals surface area contributed by atoms with Gasteiger partial charge in [0.1, 0.15) is 0 Å². The molecule has 0 spiro atoms. The van der Waals surface area contributed by atoms with Gasteiger partial charge in [-0.05, 0) is 30.7 Å². The van der Waals surface area contributed by atoms with Crippen molar-refractivity contribution >= 4 is 17.7 Å². The highest BCUT2D eigenvalue weighted by atomic mass is 16.5. The van der Waals surface area contributed by atoms with E-state index in [1.54, 1.807) is 48.5 Å². The Balaban J connectivity index is 1.39. The van der Waals surface area contributed by atoms with Crippen LogP contribution in [0.1, 0.15) is 58.4 Å². The molecule has 0 N–H and O–H groups in total. The van der Waals surface area contributed by atoms with E-state index >= 15 is 0 Å². The Morgan fingerprint density at radius 1 is 0.833 bits per heavy atom. The molecule has 1 heterocycles. The Bertz CT molecular complexity index is 924. The summed E-state index contributed by atoms with van der Waals surface area (Å²) in [5, 5.41) is 0. The minimum Gasteiger partial charge on any atom is -0.452 e. The molecule has 4 rings (SSSR count). The van der Waals surface area contributed by atoms with Crippen LogP contribution in [0.2, 0.25) is 0 Å². The van der Waals surface area contributed by atoms with Gasteiger partial charge < -0.3 is 9.64 Å². The van der Waals surface area contributed by atoms with Crippen molar-refractivity contribution in [2.45, 2.75) is 32.1 Å². The maximum Gasteiger partial charge on any atom is 0.339 e. The van der Waals surface area contributed by atoms with E-state index in [0.29, 0.717) is 11.5 Å². The third kappa shape index (κ3) is 4.45. The molecule has 1 aliphatic heterocycles. The first-order valence-electron chi connectivity index (χ1n) is 10.8. The second-order valence-corrected chi connectivity index (χ2v) is 8.25. The minimum atomic E-state index is -0.643. The maximum atomic E-state index is 12.8. The molecule has 5 heteroatoms. The van der Waals surface area contributed by atoms with Gasteiger partial charge >= 0.3 is 5.97 Å². The first-order valence-corrected chi connectivity index (χ1v) is 10.8. The molecule has 0 aromatic heterocycles. The van der Waals surface area contributed by atoms with Crippen molar-refractivity contribution < 1.29 is 19.1 Å². The van der Waals surface area contributed by atoms with Crippen LogP contribution in [0.3, 0.4) is 0 Å².